The van der Waals surface area contributed by atoms with E-state index in [4.69, 9.17) is 4.74 Å². The number of nitrogens with zero attached hydrogens (tertiary/aromatic N) is 1. The third-order valence-corrected chi connectivity index (χ3v) is 2.90. The fraction of sp³-hybridized carbons (Fsp3) is 0.467. The molecule has 6 nitrogen and oxygen atoms in total. The van der Waals surface area contributed by atoms with E-state index in [1.807, 2.05) is 19.9 Å². The van der Waals surface area contributed by atoms with E-state index in [1.165, 1.54) is 0 Å². The summed E-state index contributed by atoms with van der Waals surface area (Å²) in [5, 5.41) is 2.68. The highest BCUT2D eigenvalue weighted by Gasteiger charge is 2.18. The van der Waals surface area contributed by atoms with E-state index < -0.39 is 11.7 Å². The number of rotatable bonds is 2. The zero-order valence-electron chi connectivity index (χ0n) is 13.0. The maximum Gasteiger partial charge on any atom is 0.412 e. The molecule has 21 heavy (non-hydrogen) atoms. The molecule has 0 aliphatic carbocycles. The lowest BCUT2D eigenvalue weighted by Crippen LogP contribution is -2.27. The third kappa shape index (κ3) is 3.26. The summed E-state index contributed by atoms with van der Waals surface area (Å²) in [5.41, 5.74) is 1.11. The van der Waals surface area contributed by atoms with Gasteiger partial charge in [0.2, 0.25) is 0 Å². The number of fused-ring (bicyclic) bond motifs is 1. The molecule has 2 N–H and O–H groups in total. The number of aromatic amines is 1. The molecule has 2 aromatic rings. The van der Waals surface area contributed by atoms with E-state index in [2.05, 4.69) is 10.3 Å². The van der Waals surface area contributed by atoms with Crippen molar-refractivity contribution < 1.29 is 9.53 Å². The quantitative estimate of drug-likeness (QED) is 0.891. The van der Waals surface area contributed by atoms with Gasteiger partial charge in [0.25, 0.3) is 0 Å². The number of hydrogen-bond donors (Lipinski definition) is 2. The van der Waals surface area contributed by atoms with Gasteiger partial charge in [-0.05, 0) is 46.8 Å². The molecule has 0 aliphatic rings. The summed E-state index contributed by atoms with van der Waals surface area (Å²) in [4.78, 5) is 26.7. The Morgan fingerprint density at radius 2 is 2.00 bits per heavy atom. The molecular formula is C15H21N3O3. The number of H-pyrrole nitrogens is 1. The lowest BCUT2D eigenvalue weighted by Gasteiger charge is -2.19. The van der Waals surface area contributed by atoms with Gasteiger partial charge in [0.15, 0.2) is 0 Å². The summed E-state index contributed by atoms with van der Waals surface area (Å²) in [7, 11) is 0. The van der Waals surface area contributed by atoms with Crippen LogP contribution < -0.4 is 11.0 Å². The molecule has 0 spiro atoms. The zero-order valence-corrected chi connectivity index (χ0v) is 13.0. The van der Waals surface area contributed by atoms with Gasteiger partial charge in [-0.1, -0.05) is 6.07 Å². The standard InChI is InChI=1S/C15H21N3O3/c1-9(2)18-11-8-6-7-10(12(11)17-13(18)19)16-14(20)21-15(3,4)5/h6-9H,1-5H3,(H,16,20)(H,17,19). The molecule has 0 atom stereocenters. The lowest BCUT2D eigenvalue weighted by atomic mass is 10.2. The third-order valence-electron chi connectivity index (χ3n) is 2.90. The smallest absolute Gasteiger partial charge is 0.412 e. The number of imidazole rings is 1. The Morgan fingerprint density at radius 1 is 1.33 bits per heavy atom. The van der Waals surface area contributed by atoms with E-state index in [1.54, 1.807) is 37.5 Å². The van der Waals surface area contributed by atoms with Crippen molar-refractivity contribution in [2.45, 2.75) is 46.3 Å². The highest BCUT2D eigenvalue weighted by atomic mass is 16.6. The molecule has 1 aromatic heterocycles. The average molecular weight is 291 g/mol. The van der Waals surface area contributed by atoms with E-state index in [0.717, 1.165) is 5.52 Å². The second kappa shape index (κ2) is 5.27. The van der Waals surface area contributed by atoms with E-state index in [-0.39, 0.29) is 11.7 Å². The Morgan fingerprint density at radius 3 is 2.57 bits per heavy atom. The molecule has 0 unspecified atom stereocenters. The molecule has 0 aliphatic heterocycles. The Labute approximate surface area is 123 Å². The van der Waals surface area contributed by atoms with Crippen LogP contribution in [0.3, 0.4) is 0 Å². The molecule has 1 amide bonds. The summed E-state index contributed by atoms with van der Waals surface area (Å²) in [6, 6.07) is 5.39. The minimum atomic E-state index is -0.574. The number of hydrogen-bond acceptors (Lipinski definition) is 3. The van der Waals surface area contributed by atoms with Crippen molar-refractivity contribution in [3.63, 3.8) is 0 Å². The second-order valence-corrected chi connectivity index (χ2v) is 6.22. The molecule has 6 heteroatoms. The molecule has 1 heterocycles. The van der Waals surface area contributed by atoms with Crippen LogP contribution in [0.4, 0.5) is 10.5 Å². The minimum Gasteiger partial charge on any atom is -0.444 e. The number of nitrogens with one attached hydrogen (secondary N) is 2. The van der Waals surface area contributed by atoms with Crippen LogP contribution in [0.2, 0.25) is 0 Å². The number of benzene rings is 1. The van der Waals surface area contributed by atoms with Crippen molar-refractivity contribution >= 4 is 22.8 Å². The Bertz CT molecular complexity index is 720. The van der Waals surface area contributed by atoms with Gasteiger partial charge in [-0.3, -0.25) is 9.88 Å². The molecule has 0 saturated carbocycles. The first kappa shape index (κ1) is 15.2. The molecule has 0 fully saturated rings. The first-order valence-electron chi connectivity index (χ1n) is 6.92. The number of amides is 1. The van der Waals surface area contributed by atoms with Gasteiger partial charge in [0, 0.05) is 6.04 Å². The topological polar surface area (TPSA) is 76.1 Å². The van der Waals surface area contributed by atoms with Gasteiger partial charge in [-0.15, -0.1) is 0 Å². The fourth-order valence-corrected chi connectivity index (χ4v) is 2.18. The molecule has 2 rings (SSSR count). The molecular weight excluding hydrogens is 270 g/mol. The molecule has 0 saturated heterocycles. The number of aromatic nitrogens is 2. The van der Waals surface area contributed by atoms with Crippen LogP contribution in [0.1, 0.15) is 40.7 Å². The van der Waals surface area contributed by atoms with E-state index in [9.17, 15) is 9.59 Å². The largest absolute Gasteiger partial charge is 0.444 e. The zero-order chi connectivity index (χ0) is 15.8. The van der Waals surface area contributed by atoms with Crippen LogP contribution in [0.15, 0.2) is 23.0 Å². The van der Waals surface area contributed by atoms with Crippen molar-refractivity contribution in [3.05, 3.63) is 28.7 Å². The number of ether oxygens (including phenoxy) is 1. The number of carbonyl (C=O) groups is 1. The second-order valence-electron chi connectivity index (χ2n) is 6.22. The number of para-hydroxylation sites is 1. The highest BCUT2D eigenvalue weighted by Crippen LogP contribution is 2.23. The van der Waals surface area contributed by atoms with Gasteiger partial charge >= 0.3 is 11.8 Å². The number of carbonyl (C=O) groups excluding carboxylic acids is 1. The van der Waals surface area contributed by atoms with Gasteiger partial charge in [-0.2, -0.15) is 0 Å². The average Bonchev–Trinajstić information content (AvgIpc) is 2.63. The summed E-state index contributed by atoms with van der Waals surface area (Å²) in [6.07, 6.45) is -0.548. The van der Waals surface area contributed by atoms with Crippen molar-refractivity contribution in [2.75, 3.05) is 5.32 Å². The maximum absolute atomic E-state index is 12.0. The van der Waals surface area contributed by atoms with E-state index in [0.29, 0.717) is 11.2 Å². The van der Waals surface area contributed by atoms with Crippen molar-refractivity contribution in [2.24, 2.45) is 0 Å². The van der Waals surface area contributed by atoms with Crippen LogP contribution in [0, 0.1) is 0 Å². The molecule has 114 valence electrons. The van der Waals surface area contributed by atoms with Crippen LogP contribution in [-0.2, 0) is 4.74 Å². The first-order valence-corrected chi connectivity index (χ1v) is 6.92. The summed E-state index contributed by atoms with van der Waals surface area (Å²) >= 11 is 0. The number of anilines is 1. The molecule has 0 bridgehead atoms. The van der Waals surface area contributed by atoms with Crippen LogP contribution in [0.5, 0.6) is 0 Å². The first-order chi connectivity index (χ1) is 9.69. The van der Waals surface area contributed by atoms with Crippen LogP contribution >= 0.6 is 0 Å². The Hall–Kier alpha value is -2.24. The fourth-order valence-electron chi connectivity index (χ4n) is 2.18. The Balaban J connectivity index is 2.40. The minimum absolute atomic E-state index is 0.0306. The monoisotopic (exact) mass is 291 g/mol. The summed E-state index contributed by atoms with van der Waals surface area (Å²) in [5.74, 6) is 0. The van der Waals surface area contributed by atoms with Crippen molar-refractivity contribution in [1.82, 2.24) is 9.55 Å². The maximum atomic E-state index is 12.0. The SMILES string of the molecule is CC(C)n1c(=O)[nH]c2c(NC(=O)OC(C)(C)C)cccc21. The van der Waals surface area contributed by atoms with Crippen molar-refractivity contribution in [1.29, 1.82) is 0 Å². The Kier molecular flexibility index (Phi) is 3.80. The van der Waals surface area contributed by atoms with Gasteiger partial charge in [0.1, 0.15) is 5.60 Å². The highest BCUT2D eigenvalue weighted by molar-refractivity contribution is 5.96. The van der Waals surface area contributed by atoms with Gasteiger partial charge < -0.3 is 9.72 Å². The van der Waals surface area contributed by atoms with Crippen LogP contribution in [0.25, 0.3) is 11.0 Å². The van der Waals surface area contributed by atoms with Gasteiger partial charge in [0.05, 0.1) is 16.7 Å². The predicted molar refractivity (Wildman–Crippen MR) is 82.8 cm³/mol. The summed E-state index contributed by atoms with van der Waals surface area (Å²) in [6.45, 7) is 9.25. The normalized spacial score (nSPS) is 11.9. The summed E-state index contributed by atoms with van der Waals surface area (Å²) < 4.78 is 6.87. The van der Waals surface area contributed by atoms with E-state index >= 15 is 0 Å². The molecule has 1 aromatic carbocycles. The van der Waals surface area contributed by atoms with Crippen molar-refractivity contribution in [3.8, 4) is 0 Å². The predicted octanol–water partition coefficient (Wildman–Crippen LogP) is 3.26. The van der Waals surface area contributed by atoms with Crippen LogP contribution in [-0.4, -0.2) is 21.2 Å². The molecule has 0 radical (unpaired) electrons. The lowest BCUT2D eigenvalue weighted by molar-refractivity contribution is 0.0636. The van der Waals surface area contributed by atoms with Gasteiger partial charge in [-0.25, -0.2) is 9.59 Å².